The smallest absolute Gasteiger partial charge is 0.303 e. The Balaban J connectivity index is 1.93. The highest BCUT2D eigenvalue weighted by Crippen LogP contribution is 2.43. The van der Waals surface area contributed by atoms with Crippen LogP contribution in [0.4, 0.5) is 0 Å². The van der Waals surface area contributed by atoms with Gasteiger partial charge in [0.2, 0.25) is 5.78 Å². The molecular formula is C20H30O6. The van der Waals surface area contributed by atoms with Crippen LogP contribution in [-0.4, -0.2) is 45.4 Å². The second-order valence-corrected chi connectivity index (χ2v) is 7.23. The standard InChI is InChI=1S/C20H30O6/c1-2-3-4-7-13(21)10-11-14-15(22)12-17-19(14)20(25)16(26-17)8-5-6-9-18(23)24/h8,10-11,13-15,17,19,21-22H,2-7,9,12H2,1H3,(H,23,24)/b11-10+,16-8-. The molecule has 2 aliphatic rings. The maximum absolute atomic E-state index is 12.6. The van der Waals surface area contributed by atoms with Gasteiger partial charge < -0.3 is 20.1 Å². The predicted octanol–water partition coefficient (Wildman–Crippen LogP) is 2.59. The maximum atomic E-state index is 12.6. The van der Waals surface area contributed by atoms with Crippen LogP contribution in [0.15, 0.2) is 24.0 Å². The average Bonchev–Trinajstić information content (AvgIpc) is 3.05. The fraction of sp³-hybridized carbons (Fsp3) is 0.700. The summed E-state index contributed by atoms with van der Waals surface area (Å²) in [4.78, 5) is 23.1. The second-order valence-electron chi connectivity index (χ2n) is 7.23. The van der Waals surface area contributed by atoms with Crippen LogP contribution in [0.1, 0.15) is 58.3 Å². The van der Waals surface area contributed by atoms with Gasteiger partial charge in [-0.1, -0.05) is 38.3 Å². The molecule has 0 aromatic carbocycles. The van der Waals surface area contributed by atoms with E-state index in [1.54, 1.807) is 18.2 Å². The minimum atomic E-state index is -0.857. The van der Waals surface area contributed by atoms with E-state index in [0.29, 0.717) is 31.4 Å². The molecule has 1 heterocycles. The summed E-state index contributed by atoms with van der Waals surface area (Å²) >= 11 is 0. The van der Waals surface area contributed by atoms with Crippen LogP contribution in [0.5, 0.6) is 0 Å². The quantitative estimate of drug-likeness (QED) is 0.312. The first-order valence-electron chi connectivity index (χ1n) is 9.61. The van der Waals surface area contributed by atoms with Gasteiger partial charge in [0.25, 0.3) is 0 Å². The topological polar surface area (TPSA) is 104 Å². The molecule has 0 amide bonds. The van der Waals surface area contributed by atoms with E-state index < -0.39 is 24.1 Å². The molecule has 6 nitrogen and oxygen atoms in total. The molecule has 1 saturated carbocycles. The highest BCUT2D eigenvalue weighted by Gasteiger charge is 2.52. The van der Waals surface area contributed by atoms with E-state index in [1.165, 1.54) is 0 Å². The van der Waals surface area contributed by atoms with E-state index in [2.05, 4.69) is 6.92 Å². The third kappa shape index (κ3) is 5.42. The first-order chi connectivity index (χ1) is 12.4. The van der Waals surface area contributed by atoms with Crippen LogP contribution >= 0.6 is 0 Å². The molecule has 6 heteroatoms. The minimum Gasteiger partial charge on any atom is -0.486 e. The number of carbonyl (C=O) groups excluding carboxylic acids is 1. The van der Waals surface area contributed by atoms with Gasteiger partial charge in [0.1, 0.15) is 6.10 Å². The van der Waals surface area contributed by atoms with Gasteiger partial charge in [-0.05, 0) is 25.3 Å². The lowest BCUT2D eigenvalue weighted by atomic mass is 9.89. The third-order valence-corrected chi connectivity index (χ3v) is 5.14. The number of aliphatic hydroxyl groups is 2. The van der Waals surface area contributed by atoms with Crippen LogP contribution in [-0.2, 0) is 14.3 Å². The number of Topliss-reactive ketones (excluding diaryl/α,β-unsaturated/α-hetero) is 1. The summed E-state index contributed by atoms with van der Waals surface area (Å²) < 4.78 is 5.70. The van der Waals surface area contributed by atoms with E-state index in [9.17, 15) is 19.8 Å². The molecule has 2 rings (SSSR count). The number of unbranched alkanes of at least 4 members (excludes halogenated alkanes) is 3. The molecule has 1 aliphatic carbocycles. The Bertz CT molecular complexity index is 553. The highest BCUT2D eigenvalue weighted by atomic mass is 16.5. The fourth-order valence-corrected chi connectivity index (χ4v) is 3.72. The van der Waals surface area contributed by atoms with Gasteiger partial charge in [-0.2, -0.15) is 0 Å². The first kappa shape index (κ1) is 20.6. The number of carboxylic acids is 1. The Morgan fingerprint density at radius 1 is 1.35 bits per heavy atom. The number of ketones is 1. The number of rotatable bonds is 10. The number of carbonyl (C=O) groups is 2. The number of fused-ring (bicyclic) bond motifs is 1. The Labute approximate surface area is 154 Å². The Morgan fingerprint density at radius 2 is 2.12 bits per heavy atom. The molecular weight excluding hydrogens is 336 g/mol. The van der Waals surface area contributed by atoms with Gasteiger partial charge in [0.15, 0.2) is 5.76 Å². The zero-order valence-electron chi connectivity index (χ0n) is 15.3. The zero-order chi connectivity index (χ0) is 19.1. The molecule has 2 fully saturated rings. The summed E-state index contributed by atoms with van der Waals surface area (Å²) in [5.74, 6) is -1.46. The van der Waals surface area contributed by atoms with Gasteiger partial charge >= 0.3 is 5.97 Å². The van der Waals surface area contributed by atoms with Crippen LogP contribution in [0.2, 0.25) is 0 Å². The predicted molar refractivity (Wildman–Crippen MR) is 96.3 cm³/mol. The highest BCUT2D eigenvalue weighted by molar-refractivity contribution is 5.98. The van der Waals surface area contributed by atoms with Crippen LogP contribution < -0.4 is 0 Å². The molecule has 146 valence electrons. The number of allylic oxidation sites excluding steroid dienone is 2. The summed E-state index contributed by atoms with van der Waals surface area (Å²) in [7, 11) is 0. The maximum Gasteiger partial charge on any atom is 0.303 e. The second kappa shape index (κ2) is 9.88. The molecule has 0 radical (unpaired) electrons. The van der Waals surface area contributed by atoms with Crippen molar-refractivity contribution in [3.8, 4) is 0 Å². The molecule has 0 aromatic heterocycles. The molecule has 1 aliphatic heterocycles. The van der Waals surface area contributed by atoms with Crippen molar-refractivity contribution in [3.63, 3.8) is 0 Å². The van der Waals surface area contributed by atoms with E-state index >= 15 is 0 Å². The lowest BCUT2D eigenvalue weighted by molar-refractivity contribution is -0.137. The normalized spacial score (nSPS) is 30.7. The summed E-state index contributed by atoms with van der Waals surface area (Å²) in [5.41, 5.74) is 0. The molecule has 5 atom stereocenters. The largest absolute Gasteiger partial charge is 0.486 e. The Kier molecular flexibility index (Phi) is 7.85. The van der Waals surface area contributed by atoms with Gasteiger partial charge in [0, 0.05) is 18.8 Å². The van der Waals surface area contributed by atoms with Crippen molar-refractivity contribution in [2.45, 2.75) is 76.6 Å². The summed E-state index contributed by atoms with van der Waals surface area (Å²) in [6.07, 6.45) is 8.76. The summed E-state index contributed by atoms with van der Waals surface area (Å²) in [6, 6.07) is 0. The van der Waals surface area contributed by atoms with Crippen molar-refractivity contribution >= 4 is 11.8 Å². The summed E-state index contributed by atoms with van der Waals surface area (Å²) in [5, 5.41) is 28.9. The zero-order valence-corrected chi connectivity index (χ0v) is 15.3. The number of carboxylic acid groups (broad SMARTS) is 1. The lowest BCUT2D eigenvalue weighted by Gasteiger charge is -2.15. The minimum absolute atomic E-state index is 0.0603. The molecule has 0 spiro atoms. The van der Waals surface area contributed by atoms with Crippen molar-refractivity contribution in [2.75, 3.05) is 0 Å². The van der Waals surface area contributed by atoms with Gasteiger partial charge in [-0.3, -0.25) is 9.59 Å². The number of hydrogen-bond acceptors (Lipinski definition) is 5. The van der Waals surface area contributed by atoms with E-state index in [-0.39, 0.29) is 24.2 Å². The number of aliphatic hydroxyl groups excluding tert-OH is 2. The Hall–Kier alpha value is -1.66. The van der Waals surface area contributed by atoms with E-state index in [0.717, 1.165) is 19.3 Å². The van der Waals surface area contributed by atoms with Crippen molar-refractivity contribution < 1.29 is 29.6 Å². The van der Waals surface area contributed by atoms with Crippen LogP contribution in [0.3, 0.4) is 0 Å². The number of aliphatic carboxylic acids is 1. The fourth-order valence-electron chi connectivity index (χ4n) is 3.72. The molecule has 5 unspecified atom stereocenters. The number of ether oxygens (including phenoxy) is 1. The first-order valence-corrected chi connectivity index (χ1v) is 9.61. The molecule has 3 N–H and O–H groups in total. The van der Waals surface area contributed by atoms with Gasteiger partial charge in [-0.15, -0.1) is 0 Å². The Morgan fingerprint density at radius 3 is 2.81 bits per heavy atom. The third-order valence-electron chi connectivity index (χ3n) is 5.14. The molecule has 0 aromatic rings. The van der Waals surface area contributed by atoms with Gasteiger partial charge in [0.05, 0.1) is 18.1 Å². The molecule has 1 saturated heterocycles. The van der Waals surface area contributed by atoms with Crippen LogP contribution in [0, 0.1) is 11.8 Å². The molecule has 26 heavy (non-hydrogen) atoms. The van der Waals surface area contributed by atoms with Gasteiger partial charge in [-0.25, -0.2) is 0 Å². The average molecular weight is 366 g/mol. The molecule has 0 bridgehead atoms. The van der Waals surface area contributed by atoms with Crippen molar-refractivity contribution in [1.29, 1.82) is 0 Å². The van der Waals surface area contributed by atoms with Crippen LogP contribution in [0.25, 0.3) is 0 Å². The van der Waals surface area contributed by atoms with Crippen molar-refractivity contribution in [3.05, 3.63) is 24.0 Å². The van der Waals surface area contributed by atoms with Crippen molar-refractivity contribution in [2.24, 2.45) is 11.8 Å². The lowest BCUT2D eigenvalue weighted by Crippen LogP contribution is -2.24. The van der Waals surface area contributed by atoms with E-state index in [4.69, 9.17) is 9.84 Å². The van der Waals surface area contributed by atoms with Crippen molar-refractivity contribution in [1.82, 2.24) is 0 Å². The number of hydrogen-bond donors (Lipinski definition) is 3. The monoisotopic (exact) mass is 366 g/mol. The SMILES string of the molecule is CCCCCC(O)/C=C/C1C(O)CC2O/C(=C\CCCC(=O)O)C(=O)C21. The summed E-state index contributed by atoms with van der Waals surface area (Å²) in [6.45, 7) is 2.11. The van der Waals surface area contributed by atoms with E-state index in [1.807, 2.05) is 0 Å².